The van der Waals surface area contributed by atoms with Crippen LogP contribution in [0.3, 0.4) is 0 Å². The first-order chi connectivity index (χ1) is 8.97. The summed E-state index contributed by atoms with van der Waals surface area (Å²) in [6.45, 7) is 1.75. The Morgan fingerprint density at radius 1 is 1.32 bits per heavy atom. The fourth-order valence-electron chi connectivity index (χ4n) is 1.52. The van der Waals surface area contributed by atoms with Gasteiger partial charge >= 0.3 is 0 Å². The molecule has 2 rings (SSSR count). The van der Waals surface area contributed by atoms with Crippen molar-refractivity contribution in [1.82, 2.24) is 4.98 Å². The van der Waals surface area contributed by atoms with E-state index in [-0.39, 0.29) is 5.56 Å². The lowest BCUT2D eigenvalue weighted by atomic mass is 10.2. The number of anilines is 1. The lowest BCUT2D eigenvalue weighted by Gasteiger charge is -2.08. The number of benzene rings is 1. The number of aryl methyl sites for hydroxylation is 1. The fraction of sp³-hybridized carbons (Fsp3) is 0.0769. The molecule has 0 aliphatic heterocycles. The number of carbonyl (C=O) groups excluding carboxylic acids is 1. The molecule has 0 radical (unpaired) electrons. The molecule has 0 unspecified atom stereocenters. The second-order valence-electron chi connectivity index (χ2n) is 3.90. The number of pyridine rings is 1. The van der Waals surface area contributed by atoms with Crippen molar-refractivity contribution in [2.75, 3.05) is 5.32 Å². The summed E-state index contributed by atoms with van der Waals surface area (Å²) in [6, 6.07) is 4.46. The molecule has 98 valence electrons. The van der Waals surface area contributed by atoms with Gasteiger partial charge < -0.3 is 5.32 Å². The Morgan fingerprint density at radius 2 is 2.05 bits per heavy atom. The van der Waals surface area contributed by atoms with Gasteiger partial charge in [-0.25, -0.2) is 13.8 Å². The average molecular weight is 327 g/mol. The fourth-order valence-corrected chi connectivity index (χ4v) is 1.96. The smallest absolute Gasteiger partial charge is 0.259 e. The highest BCUT2D eigenvalue weighted by molar-refractivity contribution is 9.10. The van der Waals surface area contributed by atoms with Gasteiger partial charge in [0, 0.05) is 10.7 Å². The Morgan fingerprint density at radius 3 is 2.74 bits per heavy atom. The SMILES string of the molecule is Cc1cc(Br)cnc1NC(=O)c1cc(F)ccc1F. The van der Waals surface area contributed by atoms with Crippen molar-refractivity contribution >= 4 is 27.7 Å². The molecule has 0 saturated carbocycles. The topological polar surface area (TPSA) is 42.0 Å². The summed E-state index contributed by atoms with van der Waals surface area (Å²) in [5, 5.41) is 2.44. The molecule has 19 heavy (non-hydrogen) atoms. The average Bonchev–Trinajstić information content (AvgIpc) is 2.35. The van der Waals surface area contributed by atoms with Crippen LogP contribution in [0.25, 0.3) is 0 Å². The van der Waals surface area contributed by atoms with Crippen molar-refractivity contribution in [3.8, 4) is 0 Å². The van der Waals surface area contributed by atoms with Crippen molar-refractivity contribution < 1.29 is 13.6 Å². The number of hydrogen-bond donors (Lipinski definition) is 1. The number of halogens is 3. The highest BCUT2D eigenvalue weighted by Gasteiger charge is 2.14. The van der Waals surface area contributed by atoms with Crippen LogP contribution in [-0.2, 0) is 0 Å². The number of nitrogens with one attached hydrogen (secondary N) is 1. The van der Waals surface area contributed by atoms with Gasteiger partial charge in [-0.1, -0.05) is 0 Å². The Bertz CT molecular complexity index is 647. The first-order valence-electron chi connectivity index (χ1n) is 5.36. The molecule has 0 saturated heterocycles. The molecule has 6 heteroatoms. The van der Waals surface area contributed by atoms with Crippen LogP contribution in [0.5, 0.6) is 0 Å². The van der Waals surface area contributed by atoms with Gasteiger partial charge in [-0.3, -0.25) is 4.79 Å². The Hall–Kier alpha value is -1.82. The first-order valence-corrected chi connectivity index (χ1v) is 6.15. The minimum Gasteiger partial charge on any atom is -0.306 e. The number of rotatable bonds is 2. The lowest BCUT2D eigenvalue weighted by Crippen LogP contribution is -2.15. The summed E-state index contributed by atoms with van der Waals surface area (Å²) in [7, 11) is 0. The maximum absolute atomic E-state index is 13.4. The summed E-state index contributed by atoms with van der Waals surface area (Å²) in [4.78, 5) is 15.9. The number of nitrogens with zero attached hydrogens (tertiary/aromatic N) is 1. The van der Waals surface area contributed by atoms with Crippen LogP contribution in [-0.4, -0.2) is 10.9 Å². The van der Waals surface area contributed by atoms with Crippen LogP contribution in [0.1, 0.15) is 15.9 Å². The zero-order valence-electron chi connectivity index (χ0n) is 9.88. The van der Waals surface area contributed by atoms with E-state index in [1.165, 1.54) is 6.20 Å². The van der Waals surface area contributed by atoms with E-state index in [2.05, 4.69) is 26.2 Å². The van der Waals surface area contributed by atoms with Crippen LogP contribution in [0, 0.1) is 18.6 Å². The van der Waals surface area contributed by atoms with Gasteiger partial charge in [0.1, 0.15) is 17.5 Å². The number of hydrogen-bond acceptors (Lipinski definition) is 2. The van der Waals surface area contributed by atoms with Crippen molar-refractivity contribution in [1.29, 1.82) is 0 Å². The largest absolute Gasteiger partial charge is 0.306 e. The summed E-state index contributed by atoms with van der Waals surface area (Å²) < 4.78 is 27.2. The van der Waals surface area contributed by atoms with E-state index < -0.39 is 17.5 Å². The molecular formula is C13H9BrF2N2O. The van der Waals surface area contributed by atoms with E-state index in [1.54, 1.807) is 13.0 Å². The van der Waals surface area contributed by atoms with Crippen LogP contribution in [0.4, 0.5) is 14.6 Å². The molecule has 0 bridgehead atoms. The quantitative estimate of drug-likeness (QED) is 0.914. The van der Waals surface area contributed by atoms with Crippen molar-refractivity contribution in [2.24, 2.45) is 0 Å². The van der Waals surface area contributed by atoms with Crippen LogP contribution >= 0.6 is 15.9 Å². The molecule has 0 fully saturated rings. The zero-order valence-corrected chi connectivity index (χ0v) is 11.5. The van der Waals surface area contributed by atoms with E-state index in [0.29, 0.717) is 11.4 Å². The third kappa shape index (κ3) is 3.14. The van der Waals surface area contributed by atoms with E-state index in [0.717, 1.165) is 22.7 Å². The maximum atomic E-state index is 13.4. The van der Waals surface area contributed by atoms with Crippen LogP contribution in [0.2, 0.25) is 0 Å². The molecule has 2 aromatic rings. The van der Waals surface area contributed by atoms with Gasteiger partial charge in [-0.15, -0.1) is 0 Å². The summed E-state index contributed by atoms with van der Waals surface area (Å²) in [5.41, 5.74) is 0.351. The normalized spacial score (nSPS) is 10.3. The maximum Gasteiger partial charge on any atom is 0.259 e. The van der Waals surface area contributed by atoms with Gasteiger partial charge in [0.25, 0.3) is 5.91 Å². The van der Waals surface area contributed by atoms with Gasteiger partial charge in [0.15, 0.2) is 0 Å². The molecule has 0 aliphatic carbocycles. The van der Waals surface area contributed by atoms with E-state index in [1.807, 2.05) is 0 Å². The second kappa shape index (κ2) is 5.44. The Kier molecular flexibility index (Phi) is 3.90. The Balaban J connectivity index is 2.28. The van der Waals surface area contributed by atoms with E-state index >= 15 is 0 Å². The molecule has 1 amide bonds. The molecule has 3 nitrogen and oxygen atoms in total. The number of amides is 1. The zero-order chi connectivity index (χ0) is 14.0. The molecule has 1 aromatic carbocycles. The van der Waals surface area contributed by atoms with Gasteiger partial charge in [0.2, 0.25) is 0 Å². The second-order valence-corrected chi connectivity index (χ2v) is 4.81. The predicted molar refractivity (Wildman–Crippen MR) is 71.0 cm³/mol. The predicted octanol–water partition coefficient (Wildman–Crippen LogP) is 3.68. The molecular weight excluding hydrogens is 318 g/mol. The van der Waals surface area contributed by atoms with Crippen LogP contribution in [0.15, 0.2) is 34.9 Å². The van der Waals surface area contributed by atoms with Gasteiger partial charge in [0.05, 0.1) is 5.56 Å². The summed E-state index contributed by atoms with van der Waals surface area (Å²) >= 11 is 3.24. The van der Waals surface area contributed by atoms with Crippen molar-refractivity contribution in [2.45, 2.75) is 6.92 Å². The minimum absolute atomic E-state index is 0.303. The lowest BCUT2D eigenvalue weighted by molar-refractivity contribution is 0.102. The molecule has 1 aromatic heterocycles. The molecule has 0 spiro atoms. The molecule has 0 aliphatic rings. The number of aromatic nitrogens is 1. The standard InChI is InChI=1S/C13H9BrF2N2O/c1-7-4-8(14)6-17-12(7)18-13(19)10-5-9(15)2-3-11(10)16/h2-6H,1H3,(H,17,18,19). The van der Waals surface area contributed by atoms with Crippen molar-refractivity contribution in [3.05, 3.63) is 57.7 Å². The van der Waals surface area contributed by atoms with Gasteiger partial charge in [-0.2, -0.15) is 0 Å². The summed E-state index contributed by atoms with van der Waals surface area (Å²) in [5.74, 6) is -1.90. The molecule has 1 N–H and O–H groups in total. The third-order valence-electron chi connectivity index (χ3n) is 2.45. The van der Waals surface area contributed by atoms with Crippen molar-refractivity contribution in [3.63, 3.8) is 0 Å². The first kappa shape index (κ1) is 13.6. The summed E-state index contributed by atoms with van der Waals surface area (Å²) in [6.07, 6.45) is 1.50. The van der Waals surface area contributed by atoms with E-state index in [4.69, 9.17) is 0 Å². The minimum atomic E-state index is -0.784. The number of carbonyl (C=O) groups is 1. The molecule has 0 atom stereocenters. The monoisotopic (exact) mass is 326 g/mol. The van der Waals surface area contributed by atoms with Crippen LogP contribution < -0.4 is 5.32 Å². The molecule has 1 heterocycles. The highest BCUT2D eigenvalue weighted by atomic mass is 79.9. The Labute approximate surface area is 116 Å². The highest BCUT2D eigenvalue weighted by Crippen LogP contribution is 2.18. The third-order valence-corrected chi connectivity index (χ3v) is 2.88. The van der Waals surface area contributed by atoms with E-state index in [9.17, 15) is 13.6 Å². The van der Waals surface area contributed by atoms with Gasteiger partial charge in [-0.05, 0) is 52.7 Å².